The molecule has 126 valence electrons. The van der Waals surface area contributed by atoms with Crippen molar-refractivity contribution < 1.29 is 4.79 Å². The molecule has 1 heterocycles. The highest BCUT2D eigenvalue weighted by atomic mass is 16.2. The van der Waals surface area contributed by atoms with E-state index in [1.54, 1.807) is 0 Å². The Morgan fingerprint density at radius 2 is 1.96 bits per heavy atom. The molecule has 1 aromatic rings. The maximum atomic E-state index is 13.0. The minimum atomic E-state index is -1.54. The normalized spacial score (nSPS) is 37.2. The second kappa shape index (κ2) is 4.92. The van der Waals surface area contributed by atoms with Gasteiger partial charge in [-0.25, -0.2) is 0 Å². The number of benzene rings is 1. The summed E-state index contributed by atoms with van der Waals surface area (Å²) in [6.45, 7) is 2.08. The molecule has 1 saturated heterocycles. The molecule has 25 heavy (non-hydrogen) atoms. The topological polar surface area (TPSA) is 101 Å². The van der Waals surface area contributed by atoms with Crippen molar-refractivity contribution in [2.45, 2.75) is 44.1 Å². The fourth-order valence-electron chi connectivity index (χ4n) is 5.80. The molecule has 5 heteroatoms. The lowest BCUT2D eigenvalue weighted by atomic mass is 9.48. The molecule has 3 unspecified atom stereocenters. The quantitative estimate of drug-likeness (QED) is 0.890. The first-order chi connectivity index (χ1) is 12.0. The summed E-state index contributed by atoms with van der Waals surface area (Å²) in [5, 5.41) is 32.0. The lowest BCUT2D eigenvalue weighted by Gasteiger charge is -2.48. The molecule has 2 bridgehead atoms. The molecule has 1 amide bonds. The van der Waals surface area contributed by atoms with Crippen molar-refractivity contribution in [1.82, 2.24) is 5.32 Å². The monoisotopic (exact) mass is 332 g/mol. The van der Waals surface area contributed by atoms with E-state index in [2.05, 4.69) is 24.4 Å². The number of rotatable bonds is 3. The summed E-state index contributed by atoms with van der Waals surface area (Å²) in [5.74, 6) is -0.702. The van der Waals surface area contributed by atoms with Crippen molar-refractivity contribution in [3.05, 3.63) is 35.9 Å². The molecule has 1 aromatic carbocycles. The van der Waals surface area contributed by atoms with Crippen LogP contribution in [0, 0.1) is 44.8 Å². The van der Waals surface area contributed by atoms with Gasteiger partial charge >= 0.3 is 0 Å². The Bertz CT molecular complexity index is 813. The first kappa shape index (κ1) is 15.8. The van der Waals surface area contributed by atoms with Gasteiger partial charge in [-0.1, -0.05) is 43.7 Å². The van der Waals surface area contributed by atoms with E-state index in [1.807, 2.05) is 30.3 Å². The predicted molar refractivity (Wildman–Crippen MR) is 91.5 cm³/mol. The van der Waals surface area contributed by atoms with Crippen molar-refractivity contribution >= 4 is 11.6 Å². The molecule has 4 atom stereocenters. The summed E-state index contributed by atoms with van der Waals surface area (Å²) < 4.78 is 0. The zero-order valence-corrected chi connectivity index (χ0v) is 14.2. The van der Waals surface area contributed by atoms with E-state index < -0.39 is 16.4 Å². The lowest BCUT2D eigenvalue weighted by Crippen LogP contribution is -2.54. The van der Waals surface area contributed by atoms with Gasteiger partial charge in [0.25, 0.3) is 0 Å². The Labute approximate surface area is 147 Å². The fourth-order valence-corrected chi connectivity index (χ4v) is 5.80. The average Bonchev–Trinajstić information content (AvgIpc) is 3.05. The Balaban J connectivity index is 2.05. The van der Waals surface area contributed by atoms with Gasteiger partial charge in [0.2, 0.25) is 5.91 Å². The number of piperidine rings is 1. The minimum absolute atomic E-state index is 0.0263. The lowest BCUT2D eigenvalue weighted by molar-refractivity contribution is -0.127. The van der Waals surface area contributed by atoms with E-state index in [9.17, 15) is 15.3 Å². The van der Waals surface area contributed by atoms with E-state index in [1.165, 1.54) is 0 Å². The van der Waals surface area contributed by atoms with Gasteiger partial charge in [0.15, 0.2) is 5.41 Å². The first-order valence-electron chi connectivity index (χ1n) is 8.79. The molecule has 0 spiro atoms. The molecular formula is C20H20N4O. The van der Waals surface area contributed by atoms with Crippen LogP contribution >= 0.6 is 0 Å². The molecule has 3 fully saturated rings. The van der Waals surface area contributed by atoms with Gasteiger partial charge in [0.05, 0.1) is 17.7 Å². The molecule has 2 saturated carbocycles. The van der Waals surface area contributed by atoms with Crippen molar-refractivity contribution in [1.29, 1.82) is 15.9 Å². The fraction of sp³-hybridized carbons (Fsp3) is 0.500. The molecule has 0 radical (unpaired) electrons. The maximum Gasteiger partial charge on any atom is 0.235 e. The number of hydrogen-bond donors (Lipinski definition) is 2. The van der Waals surface area contributed by atoms with Gasteiger partial charge in [-0.15, -0.1) is 0 Å². The van der Waals surface area contributed by atoms with Crippen LogP contribution in [0.2, 0.25) is 0 Å². The maximum absolute atomic E-state index is 13.0. The van der Waals surface area contributed by atoms with E-state index in [0.29, 0.717) is 12.8 Å². The van der Waals surface area contributed by atoms with Crippen LogP contribution in [0.1, 0.15) is 44.1 Å². The second-order valence-corrected chi connectivity index (χ2v) is 7.66. The first-order valence-corrected chi connectivity index (χ1v) is 8.79. The Morgan fingerprint density at radius 3 is 2.52 bits per heavy atom. The van der Waals surface area contributed by atoms with E-state index in [0.717, 1.165) is 18.4 Å². The van der Waals surface area contributed by atoms with Gasteiger partial charge in [-0.3, -0.25) is 4.79 Å². The largest absolute Gasteiger partial charge is 0.349 e. The summed E-state index contributed by atoms with van der Waals surface area (Å²) in [7, 11) is 0. The van der Waals surface area contributed by atoms with Crippen LogP contribution < -0.4 is 5.32 Å². The van der Waals surface area contributed by atoms with Crippen molar-refractivity contribution in [3.8, 4) is 12.1 Å². The molecule has 1 aliphatic heterocycles. The summed E-state index contributed by atoms with van der Waals surface area (Å²) in [6, 6.07) is 14.1. The third-order valence-electron chi connectivity index (χ3n) is 6.70. The van der Waals surface area contributed by atoms with Gasteiger partial charge in [0, 0.05) is 18.1 Å². The zero-order valence-electron chi connectivity index (χ0n) is 14.2. The summed E-state index contributed by atoms with van der Waals surface area (Å²) in [6.07, 6.45) is 2.58. The number of carbonyl (C=O) groups is 1. The average molecular weight is 332 g/mol. The van der Waals surface area contributed by atoms with Gasteiger partial charge < -0.3 is 10.7 Å². The van der Waals surface area contributed by atoms with E-state index in [-0.39, 0.29) is 23.5 Å². The highest BCUT2D eigenvalue weighted by Crippen LogP contribution is 2.71. The number of carbonyl (C=O) groups excluding carboxylic acids is 1. The van der Waals surface area contributed by atoms with E-state index in [4.69, 9.17) is 5.41 Å². The summed E-state index contributed by atoms with van der Waals surface area (Å²) in [4.78, 5) is 13.0. The van der Waals surface area contributed by atoms with Gasteiger partial charge in [-0.05, 0) is 24.3 Å². The van der Waals surface area contributed by atoms with Gasteiger partial charge in [0.1, 0.15) is 5.41 Å². The highest BCUT2D eigenvalue weighted by molar-refractivity contribution is 6.15. The molecular weight excluding hydrogens is 312 g/mol. The highest BCUT2D eigenvalue weighted by Gasteiger charge is 2.81. The number of nitrogens with one attached hydrogen (secondary N) is 2. The zero-order chi connectivity index (χ0) is 17.9. The van der Waals surface area contributed by atoms with Crippen LogP contribution in [-0.2, 0) is 4.79 Å². The number of hydrogen-bond acceptors (Lipinski definition) is 4. The van der Waals surface area contributed by atoms with Crippen LogP contribution in [-0.4, -0.2) is 17.2 Å². The van der Waals surface area contributed by atoms with Gasteiger partial charge in [-0.2, -0.15) is 10.5 Å². The van der Waals surface area contributed by atoms with Crippen LogP contribution in [0.5, 0.6) is 0 Å². The minimum Gasteiger partial charge on any atom is -0.349 e. The Kier molecular flexibility index (Phi) is 3.12. The Hall–Kier alpha value is -2.66. The summed E-state index contributed by atoms with van der Waals surface area (Å²) >= 11 is 0. The molecule has 5 nitrogen and oxygen atoms in total. The van der Waals surface area contributed by atoms with Crippen LogP contribution in [0.15, 0.2) is 30.3 Å². The molecule has 0 aromatic heterocycles. The summed E-state index contributed by atoms with van der Waals surface area (Å²) in [5.41, 5.74) is -2.14. The number of nitrogens with zero attached hydrogens (tertiary/aromatic N) is 2. The van der Waals surface area contributed by atoms with Crippen LogP contribution in [0.4, 0.5) is 0 Å². The number of nitriles is 2. The van der Waals surface area contributed by atoms with Crippen LogP contribution in [0.25, 0.3) is 0 Å². The predicted octanol–water partition coefficient (Wildman–Crippen LogP) is 2.90. The van der Waals surface area contributed by atoms with Crippen molar-refractivity contribution in [2.75, 3.05) is 0 Å². The third kappa shape index (κ3) is 1.57. The molecule has 4 rings (SSSR count). The van der Waals surface area contributed by atoms with Crippen molar-refractivity contribution in [2.24, 2.45) is 16.7 Å². The van der Waals surface area contributed by atoms with E-state index >= 15 is 0 Å². The molecule has 2 N–H and O–H groups in total. The standard InChI is InChI=1S/C20H20N4O/c1-2-6-14-16(13-7-4-3-5-8-13)18(11-21,12-22)20-10-19(14,9-15(20)23)24-17(20)25/h3-5,7-8,14,16,23H,2,6,9-10H2,1H3,(H,24,25)/t14?,16?,19?,20-/m0/s1. The SMILES string of the molecule is CCCC1C(c2ccccc2)C(C#N)(C#N)[C@@]23CC1(CC2=N)NC3=O. The van der Waals surface area contributed by atoms with Crippen molar-refractivity contribution in [3.63, 3.8) is 0 Å². The van der Waals surface area contributed by atoms with Crippen LogP contribution in [0.3, 0.4) is 0 Å². The smallest absolute Gasteiger partial charge is 0.235 e. The number of amides is 1. The second-order valence-electron chi connectivity index (χ2n) is 7.66. The Morgan fingerprint density at radius 1 is 1.28 bits per heavy atom. The molecule has 2 aliphatic carbocycles. The third-order valence-corrected chi connectivity index (χ3v) is 6.70. The molecule has 3 aliphatic rings.